The second-order valence-corrected chi connectivity index (χ2v) is 10.8. The maximum Gasteiger partial charge on any atom is 0.356 e. The molecular weight excluding hydrogens is 456 g/mol. The highest BCUT2D eigenvalue weighted by Crippen LogP contribution is 2.65. The molecule has 6 aliphatic rings. The van der Waals surface area contributed by atoms with Gasteiger partial charge in [-0.3, -0.25) is 4.79 Å². The minimum atomic E-state index is -1.21. The first-order chi connectivity index (χ1) is 14.7. The predicted octanol–water partition coefficient (Wildman–Crippen LogP) is 5.36. The highest BCUT2D eigenvalue weighted by Gasteiger charge is 2.76. The third-order valence-electron chi connectivity index (χ3n) is 8.23. The lowest BCUT2D eigenvalue weighted by molar-refractivity contribution is -0.176. The second-order valence-electron chi connectivity index (χ2n) is 9.93. The van der Waals surface area contributed by atoms with Crippen molar-refractivity contribution in [2.45, 2.75) is 64.9 Å². The van der Waals surface area contributed by atoms with Crippen LogP contribution in [0, 0.1) is 10.8 Å². The van der Waals surface area contributed by atoms with Crippen LogP contribution in [-0.2, 0) is 40.0 Å². The normalized spacial score (nSPS) is 28.2. The van der Waals surface area contributed by atoms with E-state index >= 15 is 0 Å². The van der Waals surface area contributed by atoms with Crippen LogP contribution in [0.4, 0.5) is 0 Å². The first kappa shape index (κ1) is 20.7. The van der Waals surface area contributed by atoms with E-state index in [9.17, 15) is 9.59 Å². The number of halogens is 1. The SMILES string of the molecule is CC1(C)[C@@]2(C)CC[C@]1(C(=O)Oc1cc3ccc1CCc1ccc(c(Br)c1)CC3)OC2=O. The van der Waals surface area contributed by atoms with Crippen molar-refractivity contribution >= 4 is 27.9 Å². The van der Waals surface area contributed by atoms with Gasteiger partial charge in [-0.2, -0.15) is 0 Å². The highest BCUT2D eigenvalue weighted by molar-refractivity contribution is 9.10. The second kappa shape index (κ2) is 6.93. The Morgan fingerprint density at radius 3 is 2.19 bits per heavy atom. The van der Waals surface area contributed by atoms with Gasteiger partial charge in [0.25, 0.3) is 0 Å². The summed E-state index contributed by atoms with van der Waals surface area (Å²) in [6, 6.07) is 12.7. The van der Waals surface area contributed by atoms with Crippen molar-refractivity contribution in [2.24, 2.45) is 10.8 Å². The summed E-state index contributed by atoms with van der Waals surface area (Å²) >= 11 is 3.70. The number of carbonyl (C=O) groups is 2. The van der Waals surface area contributed by atoms with Crippen LogP contribution in [0.1, 0.15) is 55.9 Å². The molecule has 0 amide bonds. The van der Waals surface area contributed by atoms with E-state index in [0.717, 1.165) is 41.3 Å². The highest BCUT2D eigenvalue weighted by atomic mass is 79.9. The number of carbonyl (C=O) groups excluding carboxylic acids is 2. The first-order valence-corrected chi connectivity index (χ1v) is 11.8. The van der Waals surface area contributed by atoms with E-state index < -0.39 is 22.4 Å². The Bertz CT molecular complexity index is 1100. The summed E-state index contributed by atoms with van der Waals surface area (Å²) in [7, 11) is 0. The molecule has 1 aliphatic heterocycles. The Hall–Kier alpha value is -2.14. The maximum atomic E-state index is 13.5. The van der Waals surface area contributed by atoms with Crippen LogP contribution in [0.2, 0.25) is 0 Å². The molecule has 2 aromatic carbocycles. The van der Waals surface area contributed by atoms with Crippen LogP contribution in [0.25, 0.3) is 0 Å². The average Bonchev–Trinajstić information content (AvgIpc) is 3.01. The molecule has 4 nitrogen and oxygen atoms in total. The molecule has 0 aromatic heterocycles. The zero-order valence-electron chi connectivity index (χ0n) is 18.2. The number of benzene rings is 2. The van der Waals surface area contributed by atoms with Crippen molar-refractivity contribution in [3.05, 3.63) is 63.1 Å². The van der Waals surface area contributed by atoms with E-state index in [1.165, 1.54) is 11.1 Å². The van der Waals surface area contributed by atoms with Crippen LogP contribution in [0.5, 0.6) is 5.75 Å². The van der Waals surface area contributed by atoms with Crippen molar-refractivity contribution in [1.29, 1.82) is 0 Å². The van der Waals surface area contributed by atoms with E-state index in [1.54, 1.807) is 0 Å². The summed E-state index contributed by atoms with van der Waals surface area (Å²) in [6.07, 6.45) is 4.53. The van der Waals surface area contributed by atoms with Crippen LogP contribution >= 0.6 is 15.9 Å². The van der Waals surface area contributed by atoms with Crippen molar-refractivity contribution in [3.63, 3.8) is 0 Å². The third kappa shape index (κ3) is 2.92. The van der Waals surface area contributed by atoms with Crippen LogP contribution in [-0.4, -0.2) is 17.5 Å². The molecule has 0 radical (unpaired) electrons. The number of hydrogen-bond donors (Lipinski definition) is 0. The van der Waals surface area contributed by atoms with E-state index in [4.69, 9.17) is 9.47 Å². The molecule has 0 unspecified atom stereocenters. The largest absolute Gasteiger partial charge is 0.446 e. The molecular formula is C26H27BrO4. The molecule has 1 heterocycles. The Labute approximate surface area is 191 Å². The number of fused-ring (bicyclic) bond motifs is 2. The van der Waals surface area contributed by atoms with Crippen molar-refractivity contribution in [3.8, 4) is 5.75 Å². The molecule has 0 N–H and O–H groups in total. The standard InChI is InChI=1S/C26H27BrO4/c1-24(2)25(3)12-13-26(24,31-22(25)28)23(29)30-21-15-17-5-9-18-8-4-16(14-20(18)27)6-10-19(21)11-7-17/h4,7-8,11,14-15H,5-6,9-10,12-13H2,1-3H3/t25-,26+/m0/s1. The van der Waals surface area contributed by atoms with Gasteiger partial charge < -0.3 is 9.47 Å². The van der Waals surface area contributed by atoms with Crippen molar-refractivity contribution in [2.75, 3.05) is 0 Å². The number of ether oxygens (including phenoxy) is 2. The van der Waals surface area contributed by atoms with Gasteiger partial charge in [0.15, 0.2) is 0 Å². The fraction of sp³-hybridized carbons (Fsp3) is 0.462. The topological polar surface area (TPSA) is 52.6 Å². The smallest absolute Gasteiger partial charge is 0.356 e. The summed E-state index contributed by atoms with van der Waals surface area (Å²) in [5, 5.41) is 0. The number of rotatable bonds is 2. The molecule has 2 atom stereocenters. The van der Waals surface area contributed by atoms with Gasteiger partial charge in [-0.15, -0.1) is 0 Å². The molecule has 5 aliphatic carbocycles. The van der Waals surface area contributed by atoms with E-state index in [1.807, 2.05) is 26.8 Å². The molecule has 8 rings (SSSR count). The molecule has 31 heavy (non-hydrogen) atoms. The molecule has 2 aromatic rings. The first-order valence-electron chi connectivity index (χ1n) is 11.0. The molecule has 0 spiro atoms. The molecule has 6 bridgehead atoms. The number of aryl methyl sites for hydroxylation is 4. The van der Waals surface area contributed by atoms with E-state index in [2.05, 4.69) is 46.3 Å². The van der Waals surface area contributed by atoms with Gasteiger partial charge in [0, 0.05) is 9.89 Å². The van der Waals surface area contributed by atoms with Crippen LogP contribution < -0.4 is 4.74 Å². The third-order valence-corrected chi connectivity index (χ3v) is 8.97. The van der Waals surface area contributed by atoms with Gasteiger partial charge >= 0.3 is 11.9 Å². The van der Waals surface area contributed by atoms with E-state index in [0.29, 0.717) is 18.6 Å². The zero-order chi connectivity index (χ0) is 22.0. The molecule has 5 heteroatoms. The van der Waals surface area contributed by atoms with Gasteiger partial charge in [-0.1, -0.05) is 54.0 Å². The monoisotopic (exact) mass is 482 g/mol. The lowest BCUT2D eigenvalue weighted by Crippen LogP contribution is -2.50. The maximum absolute atomic E-state index is 13.5. The van der Waals surface area contributed by atoms with E-state index in [-0.39, 0.29) is 5.97 Å². The molecule has 1 saturated carbocycles. The fourth-order valence-electron chi connectivity index (χ4n) is 5.45. The minimum absolute atomic E-state index is 0.287. The number of esters is 2. The zero-order valence-corrected chi connectivity index (χ0v) is 19.8. The molecule has 162 valence electrons. The van der Waals surface area contributed by atoms with Crippen LogP contribution in [0.15, 0.2) is 40.9 Å². The Morgan fingerprint density at radius 2 is 1.58 bits per heavy atom. The van der Waals surface area contributed by atoms with Gasteiger partial charge in [0.1, 0.15) is 5.75 Å². The van der Waals surface area contributed by atoms with Gasteiger partial charge in [-0.05, 0) is 79.8 Å². The van der Waals surface area contributed by atoms with Crippen LogP contribution in [0.3, 0.4) is 0 Å². The average molecular weight is 483 g/mol. The molecule has 2 fully saturated rings. The Morgan fingerprint density at radius 1 is 0.935 bits per heavy atom. The summed E-state index contributed by atoms with van der Waals surface area (Å²) < 4.78 is 12.9. The predicted molar refractivity (Wildman–Crippen MR) is 121 cm³/mol. The summed E-state index contributed by atoms with van der Waals surface area (Å²) in [6.45, 7) is 5.82. The summed E-state index contributed by atoms with van der Waals surface area (Å²) in [4.78, 5) is 26.1. The lowest BCUT2D eigenvalue weighted by atomic mass is 9.66. The Balaban J connectivity index is 1.47. The van der Waals surface area contributed by atoms with Gasteiger partial charge in [0.2, 0.25) is 5.60 Å². The quantitative estimate of drug-likeness (QED) is 0.426. The fourth-order valence-corrected chi connectivity index (χ4v) is 6.07. The van der Waals surface area contributed by atoms with Gasteiger partial charge in [0.05, 0.1) is 5.41 Å². The lowest BCUT2D eigenvalue weighted by Gasteiger charge is -2.34. The summed E-state index contributed by atoms with van der Waals surface area (Å²) in [5.74, 6) is -0.132. The Kier molecular flexibility index (Phi) is 4.64. The minimum Gasteiger partial charge on any atom is -0.446 e. The van der Waals surface area contributed by atoms with Crippen molar-refractivity contribution < 1.29 is 19.1 Å². The molecule has 1 saturated heterocycles. The van der Waals surface area contributed by atoms with Gasteiger partial charge in [-0.25, -0.2) is 4.79 Å². The summed E-state index contributed by atoms with van der Waals surface area (Å²) in [5.41, 5.74) is 2.17. The van der Waals surface area contributed by atoms with Crippen molar-refractivity contribution in [1.82, 2.24) is 0 Å². The number of hydrogen-bond acceptors (Lipinski definition) is 4.